The van der Waals surface area contributed by atoms with Crippen LogP contribution in [0.2, 0.25) is 0 Å². The van der Waals surface area contributed by atoms with Crippen molar-refractivity contribution >= 4 is 23.3 Å². The molecule has 3 aromatic carbocycles. The number of carbonyl (C=O) groups excluding carboxylic acids is 2. The molecule has 5 rings (SSSR count). The largest absolute Gasteiger partial charge is 0.493 e. The summed E-state index contributed by atoms with van der Waals surface area (Å²) >= 11 is 0. The minimum Gasteiger partial charge on any atom is -0.493 e. The van der Waals surface area contributed by atoms with Crippen molar-refractivity contribution < 1.29 is 23.8 Å². The van der Waals surface area contributed by atoms with Crippen molar-refractivity contribution in [3.05, 3.63) is 89.0 Å². The first-order valence-electron chi connectivity index (χ1n) is 12.5. The van der Waals surface area contributed by atoms with Gasteiger partial charge in [0.05, 0.1) is 26.2 Å². The normalized spacial score (nSPS) is 16.7. The molecular weight excluding hydrogens is 466 g/mol. The molecule has 0 N–H and O–H groups in total. The molecule has 0 saturated carbocycles. The molecule has 1 amide bonds. The summed E-state index contributed by atoms with van der Waals surface area (Å²) in [5, 5.41) is 0. The SMILES string of the molecule is COc1ccc(/C=C(/C(=O)N2CCC3(CC2)CC(=O)c2cc(C)ccc2O3)c2ccccc2)cc1OC. The molecule has 0 aromatic heterocycles. The maximum absolute atomic E-state index is 13.8. The Hall–Kier alpha value is -4.06. The first-order valence-corrected chi connectivity index (χ1v) is 12.5. The van der Waals surface area contributed by atoms with E-state index in [-0.39, 0.29) is 11.7 Å². The number of fused-ring (bicyclic) bond motifs is 1. The Morgan fingerprint density at radius 3 is 2.38 bits per heavy atom. The number of Topliss-reactive ketones (excluding diaryl/α,β-unsaturated/α-hetero) is 1. The molecule has 0 aliphatic carbocycles. The Morgan fingerprint density at radius 2 is 1.68 bits per heavy atom. The van der Waals surface area contributed by atoms with Crippen LogP contribution < -0.4 is 14.2 Å². The summed E-state index contributed by atoms with van der Waals surface area (Å²) in [5.41, 5.74) is 3.43. The van der Waals surface area contributed by atoms with Crippen molar-refractivity contribution in [3.8, 4) is 17.2 Å². The number of methoxy groups -OCH3 is 2. The van der Waals surface area contributed by atoms with Gasteiger partial charge >= 0.3 is 0 Å². The number of aryl methyl sites for hydroxylation is 1. The number of rotatable bonds is 5. The van der Waals surface area contributed by atoms with Crippen molar-refractivity contribution in [3.63, 3.8) is 0 Å². The van der Waals surface area contributed by atoms with Gasteiger partial charge in [0.25, 0.3) is 5.91 Å². The Bertz CT molecular complexity index is 1350. The van der Waals surface area contributed by atoms with E-state index < -0.39 is 5.60 Å². The molecule has 0 radical (unpaired) electrons. The molecular formula is C31H31NO5. The third-order valence-corrected chi connectivity index (χ3v) is 7.24. The first kappa shape index (κ1) is 24.6. The van der Waals surface area contributed by atoms with Crippen LogP contribution in [0.5, 0.6) is 17.2 Å². The molecule has 0 bridgehead atoms. The van der Waals surface area contributed by atoms with E-state index in [1.54, 1.807) is 14.2 Å². The summed E-state index contributed by atoms with van der Waals surface area (Å²) in [6.07, 6.45) is 3.45. The van der Waals surface area contributed by atoms with Gasteiger partial charge < -0.3 is 19.1 Å². The van der Waals surface area contributed by atoms with Crippen molar-refractivity contribution in [1.29, 1.82) is 0 Å². The average Bonchev–Trinajstić information content (AvgIpc) is 2.92. The van der Waals surface area contributed by atoms with E-state index in [0.29, 0.717) is 60.7 Å². The molecule has 3 aromatic rings. The molecule has 2 aliphatic heterocycles. The Balaban J connectivity index is 1.39. The van der Waals surface area contributed by atoms with Gasteiger partial charge in [-0.1, -0.05) is 48.0 Å². The standard InChI is InChI=1S/C31H31NO5/c1-21-9-11-27-25(17-21)26(33)20-31(37-27)13-15-32(16-14-31)30(34)24(23-7-5-4-6-8-23)18-22-10-12-28(35-2)29(19-22)36-3/h4-12,17-19H,13-16,20H2,1-3H3/b24-18+. The highest BCUT2D eigenvalue weighted by Gasteiger charge is 2.44. The van der Waals surface area contributed by atoms with E-state index in [1.807, 2.05) is 84.6 Å². The van der Waals surface area contributed by atoms with Crippen molar-refractivity contribution in [1.82, 2.24) is 4.90 Å². The van der Waals surface area contributed by atoms with E-state index in [9.17, 15) is 9.59 Å². The molecule has 190 valence electrons. The van der Waals surface area contributed by atoms with Gasteiger partial charge in [0.15, 0.2) is 17.3 Å². The molecule has 37 heavy (non-hydrogen) atoms. The van der Waals surface area contributed by atoms with Crippen molar-refractivity contribution in [2.75, 3.05) is 27.3 Å². The molecule has 6 nitrogen and oxygen atoms in total. The lowest BCUT2D eigenvalue weighted by molar-refractivity contribution is -0.128. The number of carbonyl (C=O) groups is 2. The number of benzene rings is 3. The predicted octanol–water partition coefficient (Wildman–Crippen LogP) is 5.58. The lowest BCUT2D eigenvalue weighted by Crippen LogP contribution is -2.52. The number of ketones is 1. The zero-order valence-corrected chi connectivity index (χ0v) is 21.5. The minimum absolute atomic E-state index is 0.0472. The van der Waals surface area contributed by atoms with E-state index in [0.717, 1.165) is 16.7 Å². The number of nitrogens with zero attached hydrogens (tertiary/aromatic N) is 1. The monoisotopic (exact) mass is 497 g/mol. The van der Waals surface area contributed by atoms with Gasteiger partial charge in [0, 0.05) is 31.5 Å². The highest BCUT2D eigenvalue weighted by atomic mass is 16.5. The van der Waals surface area contributed by atoms with E-state index in [1.165, 1.54) is 0 Å². The van der Waals surface area contributed by atoms with Crippen LogP contribution in [-0.2, 0) is 4.79 Å². The van der Waals surface area contributed by atoms with E-state index in [4.69, 9.17) is 14.2 Å². The van der Waals surface area contributed by atoms with Gasteiger partial charge in [-0.15, -0.1) is 0 Å². The summed E-state index contributed by atoms with van der Waals surface area (Å²) in [7, 11) is 3.19. The summed E-state index contributed by atoms with van der Waals surface area (Å²) in [4.78, 5) is 28.6. The second-order valence-corrected chi connectivity index (χ2v) is 9.72. The fourth-order valence-corrected chi connectivity index (χ4v) is 5.17. The topological polar surface area (TPSA) is 65.1 Å². The van der Waals surface area contributed by atoms with Crippen LogP contribution in [0.1, 0.15) is 46.3 Å². The van der Waals surface area contributed by atoms with Gasteiger partial charge in [-0.25, -0.2) is 0 Å². The second-order valence-electron chi connectivity index (χ2n) is 9.72. The van der Waals surface area contributed by atoms with E-state index in [2.05, 4.69) is 0 Å². The van der Waals surface area contributed by atoms with Crippen LogP contribution in [-0.4, -0.2) is 49.5 Å². The molecule has 0 unspecified atom stereocenters. The number of ether oxygens (including phenoxy) is 3. The highest BCUT2D eigenvalue weighted by Crippen LogP contribution is 2.40. The predicted molar refractivity (Wildman–Crippen MR) is 143 cm³/mol. The van der Waals surface area contributed by atoms with Crippen molar-refractivity contribution in [2.45, 2.75) is 31.8 Å². The van der Waals surface area contributed by atoms with Crippen LogP contribution >= 0.6 is 0 Å². The second kappa shape index (κ2) is 10.1. The van der Waals surface area contributed by atoms with Crippen LogP contribution in [0.15, 0.2) is 66.7 Å². The summed E-state index contributed by atoms with van der Waals surface area (Å²) in [6.45, 7) is 3.01. The Kier molecular flexibility index (Phi) is 6.74. The summed E-state index contributed by atoms with van der Waals surface area (Å²) < 4.78 is 17.2. The summed E-state index contributed by atoms with van der Waals surface area (Å²) in [6, 6.07) is 21.0. The third kappa shape index (κ3) is 4.96. The van der Waals surface area contributed by atoms with Crippen molar-refractivity contribution in [2.24, 2.45) is 0 Å². The average molecular weight is 498 g/mol. The molecule has 1 spiro atoms. The lowest BCUT2D eigenvalue weighted by Gasteiger charge is -2.44. The molecule has 6 heteroatoms. The smallest absolute Gasteiger partial charge is 0.254 e. The zero-order valence-electron chi connectivity index (χ0n) is 21.5. The lowest BCUT2D eigenvalue weighted by atomic mass is 9.82. The number of hydrogen-bond donors (Lipinski definition) is 0. The van der Waals surface area contributed by atoms with Gasteiger partial charge in [-0.3, -0.25) is 9.59 Å². The fourth-order valence-electron chi connectivity index (χ4n) is 5.17. The fraction of sp³-hybridized carbons (Fsp3) is 0.290. The van der Waals surface area contributed by atoms with Crippen LogP contribution in [0.25, 0.3) is 11.6 Å². The Labute approximate surface area is 217 Å². The molecule has 2 aliphatic rings. The summed E-state index contributed by atoms with van der Waals surface area (Å²) in [5.74, 6) is 1.95. The molecule has 0 atom stereocenters. The molecule has 1 saturated heterocycles. The minimum atomic E-state index is -0.559. The van der Waals surface area contributed by atoms with Crippen LogP contribution in [0.3, 0.4) is 0 Å². The highest BCUT2D eigenvalue weighted by molar-refractivity contribution is 6.24. The molecule has 2 heterocycles. The third-order valence-electron chi connectivity index (χ3n) is 7.24. The Morgan fingerprint density at radius 1 is 0.946 bits per heavy atom. The zero-order chi connectivity index (χ0) is 26.0. The maximum atomic E-state index is 13.8. The van der Waals surface area contributed by atoms with Gasteiger partial charge in [0.2, 0.25) is 0 Å². The number of piperidine rings is 1. The van der Waals surface area contributed by atoms with Crippen LogP contribution in [0.4, 0.5) is 0 Å². The van der Waals surface area contributed by atoms with Gasteiger partial charge in [-0.2, -0.15) is 0 Å². The van der Waals surface area contributed by atoms with Crippen LogP contribution in [0, 0.1) is 6.92 Å². The first-order chi connectivity index (χ1) is 17.9. The molecule has 1 fully saturated rings. The number of likely N-dealkylation sites (tertiary alicyclic amines) is 1. The van der Waals surface area contributed by atoms with Gasteiger partial charge in [0.1, 0.15) is 11.4 Å². The maximum Gasteiger partial charge on any atom is 0.254 e. The number of amides is 1. The van der Waals surface area contributed by atoms with Gasteiger partial charge in [-0.05, 0) is 48.4 Å². The van der Waals surface area contributed by atoms with E-state index >= 15 is 0 Å². The number of hydrogen-bond acceptors (Lipinski definition) is 5. The quantitative estimate of drug-likeness (QED) is 0.340.